The zero-order valence-corrected chi connectivity index (χ0v) is 16.4. The van der Waals surface area contributed by atoms with Crippen molar-refractivity contribution in [3.63, 3.8) is 0 Å². The maximum absolute atomic E-state index is 4.65. The van der Waals surface area contributed by atoms with Gasteiger partial charge in [0, 0.05) is 50.4 Å². The van der Waals surface area contributed by atoms with Crippen LogP contribution in [0.1, 0.15) is 32.1 Å². The quantitative estimate of drug-likeness (QED) is 0.771. The SMILES string of the molecule is CN1CCC(=NNc2nc(Nc3ccccc3)nc(N3CCCCC3)n2)CC1. The summed E-state index contributed by atoms with van der Waals surface area (Å²) < 4.78 is 0. The number of hydrogen-bond donors (Lipinski definition) is 2. The molecule has 2 aromatic rings. The molecule has 0 saturated carbocycles. The lowest BCUT2D eigenvalue weighted by Gasteiger charge is -2.27. The molecule has 0 atom stereocenters. The van der Waals surface area contributed by atoms with Gasteiger partial charge in [-0.15, -0.1) is 0 Å². The van der Waals surface area contributed by atoms with Gasteiger partial charge in [-0.05, 0) is 38.4 Å². The van der Waals surface area contributed by atoms with Gasteiger partial charge in [0.05, 0.1) is 0 Å². The second kappa shape index (κ2) is 8.97. The molecule has 0 aliphatic carbocycles. The Morgan fingerprint density at radius 1 is 0.857 bits per heavy atom. The number of nitrogens with zero attached hydrogens (tertiary/aromatic N) is 6. The van der Waals surface area contributed by atoms with Gasteiger partial charge in [0.25, 0.3) is 0 Å². The number of nitrogens with one attached hydrogen (secondary N) is 2. The van der Waals surface area contributed by atoms with Gasteiger partial charge >= 0.3 is 0 Å². The lowest BCUT2D eigenvalue weighted by atomic mass is 10.1. The van der Waals surface area contributed by atoms with Gasteiger partial charge in [-0.3, -0.25) is 0 Å². The highest BCUT2D eigenvalue weighted by atomic mass is 15.4. The number of hydrazone groups is 1. The number of para-hydroxylation sites is 1. The number of hydrogen-bond acceptors (Lipinski definition) is 8. The largest absolute Gasteiger partial charge is 0.341 e. The van der Waals surface area contributed by atoms with Crippen LogP contribution in [-0.2, 0) is 0 Å². The van der Waals surface area contributed by atoms with Gasteiger partial charge in [0.1, 0.15) is 0 Å². The summed E-state index contributed by atoms with van der Waals surface area (Å²) in [4.78, 5) is 18.4. The molecule has 2 aliphatic rings. The molecule has 0 radical (unpaired) electrons. The van der Waals surface area contributed by atoms with E-state index in [1.807, 2.05) is 30.3 Å². The molecule has 2 saturated heterocycles. The van der Waals surface area contributed by atoms with E-state index in [-0.39, 0.29) is 0 Å². The fourth-order valence-corrected chi connectivity index (χ4v) is 3.47. The maximum Gasteiger partial charge on any atom is 0.250 e. The van der Waals surface area contributed by atoms with Crippen LogP contribution in [0.15, 0.2) is 35.4 Å². The van der Waals surface area contributed by atoms with E-state index in [1.165, 1.54) is 19.3 Å². The van der Waals surface area contributed by atoms with Crippen LogP contribution in [0.3, 0.4) is 0 Å². The van der Waals surface area contributed by atoms with E-state index in [1.54, 1.807) is 0 Å². The van der Waals surface area contributed by atoms with E-state index >= 15 is 0 Å². The summed E-state index contributed by atoms with van der Waals surface area (Å²) in [6.45, 7) is 4.04. The van der Waals surface area contributed by atoms with Crippen LogP contribution < -0.4 is 15.6 Å². The first-order chi connectivity index (χ1) is 13.8. The fourth-order valence-electron chi connectivity index (χ4n) is 3.47. The second-order valence-corrected chi connectivity index (χ2v) is 7.41. The standard InChI is InChI=1S/C20H28N8/c1-27-14-10-17(11-15-27)25-26-19-22-18(21-16-8-4-2-5-9-16)23-20(24-19)28-12-6-3-7-13-28/h2,4-5,8-9H,3,6-7,10-15H2,1H3,(H2,21,22,23,24,26). The third-order valence-corrected chi connectivity index (χ3v) is 5.17. The van der Waals surface area contributed by atoms with Gasteiger partial charge < -0.3 is 15.1 Å². The molecule has 2 fully saturated rings. The fraction of sp³-hybridized carbons (Fsp3) is 0.500. The van der Waals surface area contributed by atoms with Crippen LogP contribution in [-0.4, -0.2) is 58.8 Å². The smallest absolute Gasteiger partial charge is 0.250 e. The average molecular weight is 381 g/mol. The maximum atomic E-state index is 4.65. The molecule has 2 N–H and O–H groups in total. The molecule has 8 heteroatoms. The molecule has 0 unspecified atom stereocenters. The number of likely N-dealkylation sites (tertiary alicyclic amines) is 1. The first-order valence-electron chi connectivity index (χ1n) is 10.1. The lowest BCUT2D eigenvalue weighted by Crippen LogP contribution is -2.31. The van der Waals surface area contributed by atoms with Gasteiger partial charge in [-0.2, -0.15) is 20.1 Å². The predicted octanol–water partition coefficient (Wildman–Crippen LogP) is 3.10. The summed E-state index contributed by atoms with van der Waals surface area (Å²) in [5, 5.41) is 7.85. The molecule has 28 heavy (non-hydrogen) atoms. The van der Waals surface area contributed by atoms with Gasteiger partial charge in [-0.25, -0.2) is 5.43 Å². The Balaban J connectivity index is 1.55. The van der Waals surface area contributed by atoms with Crippen molar-refractivity contribution in [1.82, 2.24) is 19.9 Å². The summed E-state index contributed by atoms with van der Waals surface area (Å²) >= 11 is 0. The number of rotatable bonds is 5. The van der Waals surface area contributed by atoms with Crippen molar-refractivity contribution in [1.29, 1.82) is 0 Å². The topological polar surface area (TPSA) is 81.6 Å². The van der Waals surface area contributed by atoms with Crippen molar-refractivity contribution < 1.29 is 0 Å². The summed E-state index contributed by atoms with van der Waals surface area (Å²) in [6, 6.07) is 9.95. The van der Waals surface area contributed by atoms with Crippen molar-refractivity contribution in [3.8, 4) is 0 Å². The monoisotopic (exact) mass is 380 g/mol. The highest BCUT2D eigenvalue weighted by molar-refractivity contribution is 5.86. The molecule has 3 heterocycles. The van der Waals surface area contributed by atoms with Crippen molar-refractivity contribution >= 4 is 29.2 Å². The number of anilines is 4. The Kier molecular flexibility index (Phi) is 5.96. The summed E-state index contributed by atoms with van der Waals surface area (Å²) in [5.41, 5.74) is 5.19. The molecular weight excluding hydrogens is 352 g/mol. The normalized spacial score (nSPS) is 18.0. The highest BCUT2D eigenvalue weighted by Gasteiger charge is 2.17. The third kappa shape index (κ3) is 4.95. The number of aromatic nitrogens is 3. The molecule has 0 spiro atoms. The van der Waals surface area contributed by atoms with Crippen LogP contribution in [0.2, 0.25) is 0 Å². The summed E-state index contributed by atoms with van der Waals surface area (Å²) in [5.74, 6) is 1.73. The first kappa shape index (κ1) is 18.6. The minimum atomic E-state index is 0.487. The molecular formula is C20H28N8. The van der Waals surface area contributed by atoms with Crippen LogP contribution >= 0.6 is 0 Å². The van der Waals surface area contributed by atoms with E-state index in [2.05, 4.69) is 47.6 Å². The Hall–Kier alpha value is -2.74. The van der Waals surface area contributed by atoms with Gasteiger partial charge in [-0.1, -0.05) is 18.2 Å². The summed E-state index contributed by atoms with van der Waals surface area (Å²) in [7, 11) is 2.14. The molecule has 4 rings (SSSR count). The Labute approximate surface area is 166 Å². The molecule has 2 aliphatic heterocycles. The highest BCUT2D eigenvalue weighted by Crippen LogP contribution is 2.20. The molecule has 1 aromatic carbocycles. The van der Waals surface area contributed by atoms with E-state index in [4.69, 9.17) is 0 Å². The molecule has 8 nitrogen and oxygen atoms in total. The summed E-state index contributed by atoms with van der Waals surface area (Å²) in [6.07, 6.45) is 5.56. The van der Waals surface area contributed by atoms with Crippen LogP contribution in [0.5, 0.6) is 0 Å². The van der Waals surface area contributed by atoms with Crippen molar-refractivity contribution in [2.75, 3.05) is 48.9 Å². The molecule has 0 bridgehead atoms. The zero-order chi connectivity index (χ0) is 19.2. The van der Waals surface area contributed by atoms with Gasteiger partial charge in [0.2, 0.25) is 17.8 Å². The minimum Gasteiger partial charge on any atom is -0.341 e. The average Bonchev–Trinajstić information content (AvgIpc) is 2.75. The Morgan fingerprint density at radius 2 is 1.57 bits per heavy atom. The van der Waals surface area contributed by atoms with E-state index in [0.29, 0.717) is 17.8 Å². The minimum absolute atomic E-state index is 0.487. The Bertz CT molecular complexity index is 791. The zero-order valence-electron chi connectivity index (χ0n) is 16.4. The molecule has 148 valence electrons. The predicted molar refractivity (Wildman–Crippen MR) is 113 cm³/mol. The van der Waals surface area contributed by atoms with Crippen LogP contribution in [0.4, 0.5) is 23.5 Å². The van der Waals surface area contributed by atoms with E-state index < -0.39 is 0 Å². The van der Waals surface area contributed by atoms with Crippen LogP contribution in [0, 0.1) is 0 Å². The van der Waals surface area contributed by atoms with E-state index in [0.717, 1.165) is 50.4 Å². The third-order valence-electron chi connectivity index (χ3n) is 5.17. The van der Waals surface area contributed by atoms with Crippen molar-refractivity contribution in [2.24, 2.45) is 5.10 Å². The lowest BCUT2D eigenvalue weighted by molar-refractivity contribution is 0.336. The first-order valence-corrected chi connectivity index (χ1v) is 10.1. The number of piperidine rings is 2. The second-order valence-electron chi connectivity index (χ2n) is 7.41. The van der Waals surface area contributed by atoms with E-state index in [9.17, 15) is 0 Å². The Morgan fingerprint density at radius 3 is 2.32 bits per heavy atom. The molecule has 0 amide bonds. The van der Waals surface area contributed by atoms with Crippen molar-refractivity contribution in [2.45, 2.75) is 32.1 Å². The van der Waals surface area contributed by atoms with Gasteiger partial charge in [0.15, 0.2) is 0 Å². The molecule has 1 aromatic heterocycles. The van der Waals surface area contributed by atoms with Crippen LogP contribution in [0.25, 0.3) is 0 Å². The number of benzene rings is 1. The van der Waals surface area contributed by atoms with Crippen molar-refractivity contribution in [3.05, 3.63) is 30.3 Å².